The van der Waals surface area contributed by atoms with Crippen molar-refractivity contribution in [2.75, 3.05) is 13.7 Å². The van der Waals surface area contributed by atoms with Crippen molar-refractivity contribution in [1.29, 1.82) is 0 Å². The number of amides is 1. The number of allylic oxidation sites excluding steroid dienone is 1. The Morgan fingerprint density at radius 1 is 1.22 bits per heavy atom. The Labute approximate surface area is 161 Å². The molecule has 1 atom stereocenters. The lowest BCUT2D eigenvalue weighted by atomic mass is 10.1. The molecule has 0 radical (unpaired) electrons. The Morgan fingerprint density at radius 3 is 2.67 bits per heavy atom. The van der Waals surface area contributed by atoms with E-state index in [0.29, 0.717) is 32.5 Å². The quantitative estimate of drug-likeness (QED) is 0.563. The molecular weight excluding hydrogens is 340 g/mol. The van der Waals surface area contributed by atoms with Crippen LogP contribution in [0.2, 0.25) is 0 Å². The van der Waals surface area contributed by atoms with Gasteiger partial charge in [-0.2, -0.15) is 0 Å². The van der Waals surface area contributed by atoms with Crippen molar-refractivity contribution in [2.24, 2.45) is 0 Å². The van der Waals surface area contributed by atoms with Gasteiger partial charge in [0, 0.05) is 39.0 Å². The summed E-state index contributed by atoms with van der Waals surface area (Å²) in [6.45, 7) is 7.26. The molecule has 1 aromatic carbocycles. The highest BCUT2D eigenvalue weighted by Crippen LogP contribution is 2.18. The fourth-order valence-electron chi connectivity index (χ4n) is 2.76. The van der Waals surface area contributed by atoms with Crippen LogP contribution in [-0.2, 0) is 22.6 Å². The lowest BCUT2D eigenvalue weighted by Crippen LogP contribution is -2.29. The third-order valence-corrected chi connectivity index (χ3v) is 4.05. The number of carbonyl (C=O) groups is 1. The van der Waals surface area contributed by atoms with Gasteiger partial charge in [-0.05, 0) is 48.7 Å². The van der Waals surface area contributed by atoms with Crippen molar-refractivity contribution in [1.82, 2.24) is 9.88 Å². The number of rotatable bonds is 11. The first-order valence-corrected chi connectivity index (χ1v) is 9.14. The largest absolute Gasteiger partial charge is 0.488 e. The molecule has 1 aromatic heterocycles. The molecule has 0 aliphatic rings. The van der Waals surface area contributed by atoms with E-state index in [0.717, 1.165) is 16.9 Å². The maximum atomic E-state index is 12.7. The van der Waals surface area contributed by atoms with Crippen LogP contribution >= 0.6 is 0 Å². The van der Waals surface area contributed by atoms with Crippen LogP contribution in [0.15, 0.2) is 61.4 Å². The second-order valence-corrected chi connectivity index (χ2v) is 6.46. The van der Waals surface area contributed by atoms with E-state index in [1.807, 2.05) is 48.2 Å². The number of hydrogen-bond donors (Lipinski definition) is 0. The molecule has 27 heavy (non-hydrogen) atoms. The van der Waals surface area contributed by atoms with Crippen molar-refractivity contribution >= 4 is 5.91 Å². The van der Waals surface area contributed by atoms with Crippen LogP contribution in [0.4, 0.5) is 0 Å². The van der Waals surface area contributed by atoms with Gasteiger partial charge in [0.2, 0.25) is 5.91 Å². The molecule has 0 bridgehead atoms. The summed E-state index contributed by atoms with van der Waals surface area (Å²) in [5, 5.41) is 0. The number of benzene rings is 1. The Hall–Kier alpha value is -2.66. The number of hydrogen-bond acceptors (Lipinski definition) is 4. The molecule has 1 amide bonds. The highest BCUT2D eigenvalue weighted by Gasteiger charge is 2.15. The average molecular weight is 368 g/mol. The SMILES string of the molecule is C=CCCC(=O)N(Cc1ccncc1)Cc1cccc(OC(C)COC)c1. The highest BCUT2D eigenvalue weighted by atomic mass is 16.5. The van der Waals surface area contributed by atoms with E-state index in [1.54, 1.807) is 25.6 Å². The first-order valence-electron chi connectivity index (χ1n) is 9.14. The molecule has 0 aliphatic heterocycles. The van der Waals surface area contributed by atoms with E-state index in [-0.39, 0.29) is 12.0 Å². The van der Waals surface area contributed by atoms with Crippen LogP contribution in [0.5, 0.6) is 5.75 Å². The number of carbonyl (C=O) groups excluding carboxylic acids is 1. The molecule has 0 fully saturated rings. The predicted molar refractivity (Wildman–Crippen MR) is 106 cm³/mol. The van der Waals surface area contributed by atoms with Crippen molar-refractivity contribution < 1.29 is 14.3 Å². The minimum Gasteiger partial charge on any atom is -0.488 e. The van der Waals surface area contributed by atoms with Crippen LogP contribution in [0.3, 0.4) is 0 Å². The monoisotopic (exact) mass is 368 g/mol. The number of nitrogens with zero attached hydrogens (tertiary/aromatic N) is 2. The normalized spacial score (nSPS) is 11.6. The molecule has 2 rings (SSSR count). The van der Waals surface area contributed by atoms with Gasteiger partial charge >= 0.3 is 0 Å². The van der Waals surface area contributed by atoms with E-state index >= 15 is 0 Å². The van der Waals surface area contributed by atoms with E-state index in [1.165, 1.54) is 0 Å². The number of ether oxygens (including phenoxy) is 2. The van der Waals surface area contributed by atoms with Crippen LogP contribution in [0, 0.1) is 0 Å². The van der Waals surface area contributed by atoms with Gasteiger partial charge in [0.1, 0.15) is 11.9 Å². The summed E-state index contributed by atoms with van der Waals surface area (Å²) >= 11 is 0. The molecule has 0 spiro atoms. The zero-order chi connectivity index (χ0) is 19.5. The van der Waals surface area contributed by atoms with Crippen LogP contribution in [0.25, 0.3) is 0 Å². The third kappa shape index (κ3) is 7.23. The second kappa shape index (κ2) is 11.1. The molecule has 0 N–H and O–H groups in total. The molecule has 1 heterocycles. The summed E-state index contributed by atoms with van der Waals surface area (Å²) in [5.41, 5.74) is 2.08. The Bertz CT molecular complexity index is 719. The fourth-order valence-corrected chi connectivity index (χ4v) is 2.76. The molecular formula is C22H28N2O3. The average Bonchev–Trinajstić information content (AvgIpc) is 2.67. The molecule has 0 saturated carbocycles. The lowest BCUT2D eigenvalue weighted by molar-refractivity contribution is -0.132. The summed E-state index contributed by atoms with van der Waals surface area (Å²) in [6, 6.07) is 11.7. The van der Waals surface area contributed by atoms with E-state index in [2.05, 4.69) is 11.6 Å². The Balaban J connectivity index is 2.11. The summed E-state index contributed by atoms with van der Waals surface area (Å²) in [4.78, 5) is 18.6. The van der Waals surface area contributed by atoms with Gasteiger partial charge in [-0.3, -0.25) is 9.78 Å². The smallest absolute Gasteiger partial charge is 0.223 e. The van der Waals surface area contributed by atoms with Crippen molar-refractivity contribution in [3.05, 3.63) is 72.6 Å². The molecule has 5 nitrogen and oxygen atoms in total. The van der Waals surface area contributed by atoms with Crippen LogP contribution in [0.1, 0.15) is 30.9 Å². The topological polar surface area (TPSA) is 51.7 Å². The Kier molecular flexibility index (Phi) is 8.52. The van der Waals surface area contributed by atoms with E-state index in [4.69, 9.17) is 9.47 Å². The maximum absolute atomic E-state index is 12.7. The number of aromatic nitrogens is 1. The number of methoxy groups -OCH3 is 1. The fraction of sp³-hybridized carbons (Fsp3) is 0.364. The minimum absolute atomic E-state index is 0.0348. The van der Waals surface area contributed by atoms with Crippen molar-refractivity contribution in [2.45, 2.75) is 39.0 Å². The predicted octanol–water partition coefficient (Wildman–Crippen LogP) is 3.99. The lowest BCUT2D eigenvalue weighted by Gasteiger charge is -2.23. The maximum Gasteiger partial charge on any atom is 0.223 e. The van der Waals surface area contributed by atoms with Gasteiger partial charge in [0.05, 0.1) is 6.61 Å². The Morgan fingerprint density at radius 2 is 1.96 bits per heavy atom. The van der Waals surface area contributed by atoms with Gasteiger partial charge in [-0.15, -0.1) is 6.58 Å². The van der Waals surface area contributed by atoms with Gasteiger partial charge in [-0.1, -0.05) is 18.2 Å². The summed E-state index contributed by atoms with van der Waals surface area (Å²) in [7, 11) is 1.65. The van der Waals surface area contributed by atoms with Crippen LogP contribution < -0.4 is 4.74 Å². The molecule has 2 aromatic rings. The molecule has 0 aliphatic carbocycles. The van der Waals surface area contributed by atoms with Crippen molar-refractivity contribution in [3.8, 4) is 5.75 Å². The molecule has 5 heteroatoms. The second-order valence-electron chi connectivity index (χ2n) is 6.46. The highest BCUT2D eigenvalue weighted by molar-refractivity contribution is 5.76. The summed E-state index contributed by atoms with van der Waals surface area (Å²) < 4.78 is 11.0. The van der Waals surface area contributed by atoms with E-state index in [9.17, 15) is 4.79 Å². The number of pyridine rings is 1. The van der Waals surface area contributed by atoms with Crippen molar-refractivity contribution in [3.63, 3.8) is 0 Å². The summed E-state index contributed by atoms with van der Waals surface area (Å²) in [6.07, 6.45) is 6.35. The van der Waals surface area contributed by atoms with Gasteiger partial charge in [0.25, 0.3) is 0 Å². The zero-order valence-corrected chi connectivity index (χ0v) is 16.1. The van der Waals surface area contributed by atoms with Gasteiger partial charge < -0.3 is 14.4 Å². The molecule has 1 unspecified atom stereocenters. The summed E-state index contributed by atoms with van der Waals surface area (Å²) in [5.74, 6) is 0.880. The zero-order valence-electron chi connectivity index (χ0n) is 16.1. The van der Waals surface area contributed by atoms with Gasteiger partial charge in [-0.25, -0.2) is 0 Å². The third-order valence-electron chi connectivity index (χ3n) is 4.05. The molecule has 0 saturated heterocycles. The standard InChI is InChI=1S/C22H28N2O3/c1-4-5-9-22(25)24(15-19-10-12-23-13-11-19)16-20-7-6-8-21(14-20)27-18(2)17-26-3/h4,6-8,10-14,18H,1,5,9,15-17H2,2-3H3. The minimum atomic E-state index is -0.0348. The first kappa shape index (κ1) is 20.6. The first-order chi connectivity index (χ1) is 13.1. The van der Waals surface area contributed by atoms with E-state index < -0.39 is 0 Å². The van der Waals surface area contributed by atoms with Gasteiger partial charge in [0.15, 0.2) is 0 Å². The molecule has 144 valence electrons. The van der Waals surface area contributed by atoms with Crippen LogP contribution in [-0.4, -0.2) is 35.6 Å².